The molecule has 2 aliphatic rings. The molecule has 0 bridgehead atoms. The molecule has 1 saturated carbocycles. The van der Waals surface area contributed by atoms with Gasteiger partial charge in [0.05, 0.1) is 23.4 Å². The lowest BCUT2D eigenvalue weighted by atomic mass is 9.90. The van der Waals surface area contributed by atoms with E-state index in [1.54, 1.807) is 18.2 Å². The molecule has 1 aliphatic carbocycles. The maximum atomic E-state index is 13.0. The van der Waals surface area contributed by atoms with Crippen LogP contribution in [0.2, 0.25) is 0 Å². The summed E-state index contributed by atoms with van der Waals surface area (Å²) in [5.41, 5.74) is 0.926. The molecule has 2 aromatic heterocycles. The molecule has 10 heteroatoms. The first-order valence-electron chi connectivity index (χ1n) is 10.0. The molecule has 5 rings (SSSR count). The van der Waals surface area contributed by atoms with Crippen LogP contribution >= 0.6 is 11.3 Å². The summed E-state index contributed by atoms with van der Waals surface area (Å²) in [5.74, 6) is -3.42. The molecule has 2 fully saturated rings. The lowest BCUT2D eigenvalue weighted by Gasteiger charge is -2.23. The monoisotopic (exact) mass is 470 g/mol. The highest BCUT2D eigenvalue weighted by atomic mass is 32.2. The number of carbonyl (C=O) groups excluding carboxylic acids is 3. The van der Waals surface area contributed by atoms with E-state index in [2.05, 4.69) is 4.98 Å². The van der Waals surface area contributed by atoms with Crippen molar-refractivity contribution in [1.29, 1.82) is 0 Å². The third kappa shape index (κ3) is 3.30. The molecule has 2 atom stereocenters. The van der Waals surface area contributed by atoms with E-state index < -0.39 is 39.3 Å². The van der Waals surface area contributed by atoms with Gasteiger partial charge in [0.1, 0.15) is 10.1 Å². The maximum Gasteiger partial charge on any atom is 0.297 e. The Morgan fingerprint density at radius 2 is 1.88 bits per heavy atom. The van der Waals surface area contributed by atoms with Crippen LogP contribution in [0.1, 0.15) is 29.0 Å². The number of amides is 1. The van der Waals surface area contributed by atoms with E-state index in [1.807, 2.05) is 6.92 Å². The van der Waals surface area contributed by atoms with Gasteiger partial charge in [0.15, 0.2) is 10.9 Å². The highest BCUT2D eigenvalue weighted by molar-refractivity contribution is 7.93. The fourth-order valence-electron chi connectivity index (χ4n) is 3.99. The van der Waals surface area contributed by atoms with Crippen molar-refractivity contribution in [2.24, 2.45) is 11.8 Å². The Balaban J connectivity index is 1.51. The lowest BCUT2D eigenvalue weighted by Crippen LogP contribution is -2.39. The quantitative estimate of drug-likeness (QED) is 0.309. The third-order valence-corrected chi connectivity index (χ3v) is 9.01. The van der Waals surface area contributed by atoms with Gasteiger partial charge >= 0.3 is 0 Å². The van der Waals surface area contributed by atoms with Crippen LogP contribution in [0.15, 0.2) is 62.4 Å². The number of hydrogen-bond donors (Lipinski definition) is 0. The predicted molar refractivity (Wildman–Crippen MR) is 114 cm³/mol. The summed E-state index contributed by atoms with van der Waals surface area (Å²) in [5, 5.41) is 0.0979. The molecule has 0 N–H and O–H groups in total. The number of aryl methyl sites for hydroxylation is 1. The van der Waals surface area contributed by atoms with Crippen molar-refractivity contribution in [2.45, 2.75) is 34.9 Å². The molecule has 1 aliphatic heterocycles. The van der Waals surface area contributed by atoms with Crippen molar-refractivity contribution in [3.05, 3.63) is 60.2 Å². The van der Waals surface area contributed by atoms with Gasteiger partial charge in [-0.05, 0) is 49.9 Å². The molecular weight excluding hydrogens is 452 g/mol. The summed E-state index contributed by atoms with van der Waals surface area (Å²) in [6, 6.07) is 8.73. The van der Waals surface area contributed by atoms with Gasteiger partial charge in [0, 0.05) is 0 Å². The van der Waals surface area contributed by atoms with E-state index in [1.165, 1.54) is 35.6 Å². The Bertz CT molecular complexity index is 1320. The zero-order valence-electron chi connectivity index (χ0n) is 16.9. The average Bonchev–Trinajstić information content (AvgIpc) is 3.16. The summed E-state index contributed by atoms with van der Waals surface area (Å²) in [6.07, 6.45) is 4.06. The second kappa shape index (κ2) is 7.49. The van der Waals surface area contributed by atoms with Gasteiger partial charge in [-0.1, -0.05) is 29.0 Å². The number of ketones is 2. The smallest absolute Gasteiger partial charge is 0.297 e. The molecule has 3 heterocycles. The van der Waals surface area contributed by atoms with Gasteiger partial charge in [-0.2, -0.15) is 0 Å². The number of furan rings is 1. The predicted octanol–water partition coefficient (Wildman–Crippen LogP) is 3.07. The molecule has 1 aromatic carbocycles. The summed E-state index contributed by atoms with van der Waals surface area (Å²) in [6.45, 7) is 1.86. The number of hydrogen-bond acceptors (Lipinski definition) is 8. The summed E-state index contributed by atoms with van der Waals surface area (Å²) in [4.78, 5) is 44.2. The molecule has 3 aromatic rings. The van der Waals surface area contributed by atoms with E-state index in [9.17, 15) is 22.8 Å². The van der Waals surface area contributed by atoms with Gasteiger partial charge in [-0.15, -0.1) is 0 Å². The second-order valence-corrected chi connectivity index (χ2v) is 11.2. The summed E-state index contributed by atoms with van der Waals surface area (Å²) >= 11 is 0.821. The first-order chi connectivity index (χ1) is 15.3. The minimum atomic E-state index is -3.83. The largest absolute Gasteiger partial charge is 0.461 e. The number of rotatable bonds is 6. The molecule has 1 saturated heterocycles. The van der Waals surface area contributed by atoms with Gasteiger partial charge in [0.2, 0.25) is 21.4 Å². The fourth-order valence-corrected chi connectivity index (χ4v) is 6.56. The Morgan fingerprint density at radius 1 is 1.16 bits per heavy atom. The van der Waals surface area contributed by atoms with Gasteiger partial charge in [0.25, 0.3) is 5.91 Å². The molecule has 32 heavy (non-hydrogen) atoms. The molecule has 1 amide bonds. The number of aromatic nitrogens is 1. The SMILES string of the molecule is Cc1ccc(S(=O)(=O)c2cnc(N3C(=O)C(=O)C(C(=O)c4ccco4)C3C3CC3)s2)cc1. The summed E-state index contributed by atoms with van der Waals surface area (Å²) in [7, 11) is -3.83. The number of benzene rings is 1. The van der Waals surface area contributed by atoms with Crippen LogP contribution in [-0.4, -0.2) is 36.9 Å². The van der Waals surface area contributed by atoms with Crippen molar-refractivity contribution in [3.8, 4) is 0 Å². The highest BCUT2D eigenvalue weighted by Crippen LogP contribution is 2.46. The Morgan fingerprint density at radius 3 is 2.50 bits per heavy atom. The fraction of sp³-hybridized carbons (Fsp3) is 0.273. The number of Topliss-reactive ketones (excluding diaryl/α,β-unsaturated/α-hetero) is 2. The molecular formula is C22H18N2O6S2. The number of carbonyl (C=O) groups is 3. The summed E-state index contributed by atoms with van der Waals surface area (Å²) < 4.78 is 31.1. The van der Waals surface area contributed by atoms with E-state index in [-0.39, 0.29) is 25.9 Å². The van der Waals surface area contributed by atoms with Crippen molar-refractivity contribution >= 4 is 43.8 Å². The number of thiazole rings is 1. The van der Waals surface area contributed by atoms with Crippen molar-refractivity contribution in [2.75, 3.05) is 4.90 Å². The van der Waals surface area contributed by atoms with E-state index in [0.29, 0.717) is 0 Å². The normalized spacial score (nSPS) is 21.3. The number of sulfone groups is 1. The Labute approximate surface area is 187 Å². The number of nitrogens with zero attached hydrogens (tertiary/aromatic N) is 2. The molecule has 0 radical (unpaired) electrons. The highest BCUT2D eigenvalue weighted by Gasteiger charge is 2.57. The standard InChI is InChI=1S/C22H18N2O6S2/c1-12-4-8-14(9-5-12)32(28,29)16-11-23-22(31-16)24-18(13-6-7-13)17(20(26)21(24)27)19(25)15-3-2-10-30-15/h2-5,8-11,13,17-18H,6-7H2,1H3. The van der Waals surface area contributed by atoms with Crippen LogP contribution in [0, 0.1) is 18.8 Å². The van der Waals surface area contributed by atoms with E-state index in [4.69, 9.17) is 4.42 Å². The van der Waals surface area contributed by atoms with Gasteiger partial charge < -0.3 is 4.42 Å². The van der Waals surface area contributed by atoms with E-state index in [0.717, 1.165) is 29.7 Å². The molecule has 0 spiro atoms. The molecule has 2 unspecified atom stereocenters. The van der Waals surface area contributed by atoms with Crippen molar-refractivity contribution < 1.29 is 27.2 Å². The minimum absolute atomic E-state index is 0.0189. The van der Waals surface area contributed by atoms with Crippen molar-refractivity contribution in [3.63, 3.8) is 0 Å². The van der Waals surface area contributed by atoms with Crippen LogP contribution in [0.5, 0.6) is 0 Å². The average molecular weight is 471 g/mol. The molecule has 8 nitrogen and oxygen atoms in total. The second-order valence-electron chi connectivity index (χ2n) is 7.97. The molecule has 164 valence electrons. The Kier molecular flexibility index (Phi) is 4.86. The lowest BCUT2D eigenvalue weighted by molar-refractivity contribution is -0.135. The van der Waals surface area contributed by atoms with Gasteiger partial charge in [-0.25, -0.2) is 13.4 Å². The van der Waals surface area contributed by atoms with E-state index >= 15 is 0 Å². The van der Waals surface area contributed by atoms with Crippen LogP contribution in [0.3, 0.4) is 0 Å². The van der Waals surface area contributed by atoms with Gasteiger partial charge in [-0.3, -0.25) is 19.3 Å². The first kappa shape index (κ1) is 20.8. The first-order valence-corrected chi connectivity index (χ1v) is 12.3. The Hall–Kier alpha value is -3.11. The van der Waals surface area contributed by atoms with Crippen LogP contribution in [0.4, 0.5) is 5.13 Å². The maximum absolute atomic E-state index is 13.0. The third-order valence-electron chi connectivity index (χ3n) is 5.78. The van der Waals surface area contributed by atoms with Crippen LogP contribution < -0.4 is 4.90 Å². The minimum Gasteiger partial charge on any atom is -0.461 e. The topological polar surface area (TPSA) is 115 Å². The van der Waals surface area contributed by atoms with Crippen LogP contribution in [0.25, 0.3) is 0 Å². The zero-order valence-corrected chi connectivity index (χ0v) is 18.6. The number of anilines is 1. The van der Waals surface area contributed by atoms with Crippen molar-refractivity contribution in [1.82, 2.24) is 4.98 Å². The van der Waals surface area contributed by atoms with Crippen LogP contribution in [-0.2, 0) is 19.4 Å². The zero-order chi connectivity index (χ0) is 22.6.